The second-order valence-corrected chi connectivity index (χ2v) is 3.68. The Kier molecular flexibility index (Phi) is 2.79. The van der Waals surface area contributed by atoms with Gasteiger partial charge in [0.2, 0.25) is 5.89 Å². The van der Waals surface area contributed by atoms with Crippen LogP contribution in [0.1, 0.15) is 24.6 Å². The molecular weight excluding hydrogens is 182 g/mol. The molecule has 0 spiro atoms. The molecule has 0 amide bonds. The van der Waals surface area contributed by atoms with E-state index in [0.29, 0.717) is 18.3 Å². The predicted octanol–water partition coefficient (Wildman–Crippen LogP) is 0.335. The van der Waals surface area contributed by atoms with E-state index in [1.54, 1.807) is 6.92 Å². The number of aliphatic hydroxyl groups is 1. The van der Waals surface area contributed by atoms with Crippen LogP contribution in [0.15, 0.2) is 4.52 Å². The van der Waals surface area contributed by atoms with Gasteiger partial charge in [-0.3, -0.25) is 4.90 Å². The van der Waals surface area contributed by atoms with Gasteiger partial charge in [0.25, 0.3) is 0 Å². The number of aromatic nitrogens is 2. The first kappa shape index (κ1) is 9.61. The van der Waals surface area contributed by atoms with Gasteiger partial charge >= 0.3 is 0 Å². The van der Waals surface area contributed by atoms with Gasteiger partial charge in [-0.1, -0.05) is 5.16 Å². The molecule has 0 aromatic carbocycles. The average Bonchev–Trinajstić information content (AvgIpc) is 2.76. The lowest BCUT2D eigenvalue weighted by Gasteiger charge is -2.20. The quantitative estimate of drug-likeness (QED) is 0.756. The first-order valence-corrected chi connectivity index (χ1v) is 4.93. The fourth-order valence-corrected chi connectivity index (χ4v) is 1.89. The molecule has 5 nitrogen and oxygen atoms in total. The average molecular weight is 197 g/mol. The van der Waals surface area contributed by atoms with E-state index in [1.165, 1.54) is 0 Å². The fraction of sp³-hybridized carbons (Fsp3) is 0.778. The second-order valence-electron chi connectivity index (χ2n) is 3.68. The van der Waals surface area contributed by atoms with Crippen molar-refractivity contribution in [2.24, 2.45) is 0 Å². The van der Waals surface area contributed by atoms with E-state index < -0.39 is 0 Å². The minimum atomic E-state index is 0.215. The topological polar surface area (TPSA) is 62.4 Å². The number of likely N-dealkylation sites (tertiary alicyclic amines) is 1. The molecule has 78 valence electrons. The van der Waals surface area contributed by atoms with E-state index in [2.05, 4.69) is 15.0 Å². The van der Waals surface area contributed by atoms with Crippen LogP contribution >= 0.6 is 0 Å². The van der Waals surface area contributed by atoms with Gasteiger partial charge in [0.05, 0.1) is 13.2 Å². The summed E-state index contributed by atoms with van der Waals surface area (Å²) in [6.45, 7) is 3.69. The van der Waals surface area contributed by atoms with Crippen LogP contribution in [0.25, 0.3) is 0 Å². The van der Waals surface area contributed by atoms with Gasteiger partial charge in [0.15, 0.2) is 5.82 Å². The lowest BCUT2D eigenvalue weighted by molar-refractivity contribution is 0.141. The Bertz CT molecular complexity index is 300. The zero-order valence-corrected chi connectivity index (χ0v) is 8.31. The van der Waals surface area contributed by atoms with Crippen LogP contribution in [0.5, 0.6) is 0 Å². The molecule has 1 aliphatic rings. The molecule has 2 heterocycles. The number of aliphatic hydroxyl groups excluding tert-OH is 1. The Balaban J connectivity index is 1.96. The normalized spacial score (nSPS) is 23.1. The van der Waals surface area contributed by atoms with Crippen LogP contribution in [0.4, 0.5) is 0 Å². The van der Waals surface area contributed by atoms with Crippen molar-refractivity contribution < 1.29 is 9.63 Å². The van der Waals surface area contributed by atoms with Crippen molar-refractivity contribution >= 4 is 0 Å². The Morgan fingerprint density at radius 2 is 2.50 bits per heavy atom. The maximum atomic E-state index is 9.11. The highest BCUT2D eigenvalue weighted by molar-refractivity contribution is 4.86. The van der Waals surface area contributed by atoms with E-state index in [1.807, 2.05) is 0 Å². The molecule has 1 aromatic heterocycles. The first-order chi connectivity index (χ1) is 6.79. The maximum absolute atomic E-state index is 9.11. The van der Waals surface area contributed by atoms with Gasteiger partial charge < -0.3 is 9.63 Å². The monoisotopic (exact) mass is 197 g/mol. The lowest BCUT2D eigenvalue weighted by atomic mass is 10.2. The van der Waals surface area contributed by atoms with Crippen LogP contribution < -0.4 is 0 Å². The van der Waals surface area contributed by atoms with Gasteiger partial charge in [-0.2, -0.15) is 4.98 Å². The van der Waals surface area contributed by atoms with E-state index >= 15 is 0 Å². The van der Waals surface area contributed by atoms with Crippen LogP contribution in [-0.4, -0.2) is 39.3 Å². The zero-order valence-electron chi connectivity index (χ0n) is 8.31. The van der Waals surface area contributed by atoms with Crippen molar-refractivity contribution in [2.45, 2.75) is 32.4 Å². The van der Waals surface area contributed by atoms with Crippen molar-refractivity contribution in [3.8, 4) is 0 Å². The molecule has 1 N–H and O–H groups in total. The summed E-state index contributed by atoms with van der Waals surface area (Å²) in [5.74, 6) is 1.31. The summed E-state index contributed by atoms with van der Waals surface area (Å²) < 4.78 is 5.03. The third-order valence-corrected chi connectivity index (χ3v) is 2.62. The fourth-order valence-electron chi connectivity index (χ4n) is 1.89. The third-order valence-electron chi connectivity index (χ3n) is 2.62. The highest BCUT2D eigenvalue weighted by Gasteiger charge is 2.25. The molecule has 0 aliphatic carbocycles. The molecule has 0 saturated carbocycles. The van der Waals surface area contributed by atoms with Crippen LogP contribution in [0.3, 0.4) is 0 Å². The molecular formula is C9H15N3O2. The Morgan fingerprint density at radius 3 is 3.14 bits per heavy atom. The standard InChI is InChI=1S/C9H15N3O2/c1-7-10-9(14-11-7)5-12-4-2-3-8(12)6-13/h8,13H,2-6H2,1H3/t8-/m0/s1. The van der Waals surface area contributed by atoms with Crippen molar-refractivity contribution in [1.82, 2.24) is 15.0 Å². The largest absolute Gasteiger partial charge is 0.395 e. The lowest BCUT2D eigenvalue weighted by Crippen LogP contribution is -2.31. The summed E-state index contributed by atoms with van der Waals surface area (Å²) in [4.78, 5) is 6.33. The molecule has 5 heteroatoms. The van der Waals surface area contributed by atoms with Gasteiger partial charge in [0.1, 0.15) is 0 Å². The SMILES string of the molecule is Cc1noc(CN2CCC[C@H]2CO)n1. The number of hydrogen-bond acceptors (Lipinski definition) is 5. The van der Waals surface area contributed by atoms with E-state index in [-0.39, 0.29) is 12.6 Å². The zero-order chi connectivity index (χ0) is 9.97. The van der Waals surface area contributed by atoms with Crippen LogP contribution in [0, 0.1) is 6.92 Å². The molecule has 1 saturated heterocycles. The van der Waals surface area contributed by atoms with Crippen molar-refractivity contribution in [1.29, 1.82) is 0 Å². The predicted molar refractivity (Wildman–Crippen MR) is 49.6 cm³/mol. The number of aryl methyl sites for hydroxylation is 1. The maximum Gasteiger partial charge on any atom is 0.240 e. The highest BCUT2D eigenvalue weighted by atomic mass is 16.5. The summed E-state index contributed by atoms with van der Waals surface area (Å²) in [5.41, 5.74) is 0. The minimum Gasteiger partial charge on any atom is -0.395 e. The molecule has 1 aliphatic heterocycles. The molecule has 1 aromatic rings. The molecule has 0 bridgehead atoms. The van der Waals surface area contributed by atoms with Crippen LogP contribution in [-0.2, 0) is 6.54 Å². The van der Waals surface area contributed by atoms with E-state index in [9.17, 15) is 0 Å². The number of rotatable bonds is 3. The minimum absolute atomic E-state index is 0.215. The van der Waals surface area contributed by atoms with Crippen molar-refractivity contribution in [2.75, 3.05) is 13.2 Å². The van der Waals surface area contributed by atoms with Gasteiger partial charge in [-0.25, -0.2) is 0 Å². The van der Waals surface area contributed by atoms with Gasteiger partial charge in [-0.05, 0) is 26.3 Å². The highest BCUT2D eigenvalue weighted by Crippen LogP contribution is 2.18. The first-order valence-electron chi connectivity index (χ1n) is 4.93. The summed E-state index contributed by atoms with van der Waals surface area (Å²) >= 11 is 0. The number of nitrogens with zero attached hydrogens (tertiary/aromatic N) is 3. The summed E-state index contributed by atoms with van der Waals surface area (Å²) in [5, 5.41) is 12.8. The molecule has 0 unspecified atom stereocenters. The molecule has 1 fully saturated rings. The van der Waals surface area contributed by atoms with E-state index in [4.69, 9.17) is 9.63 Å². The molecule has 0 radical (unpaired) electrons. The third kappa shape index (κ3) is 1.93. The van der Waals surface area contributed by atoms with Gasteiger partial charge in [0, 0.05) is 6.04 Å². The molecule has 1 atom stereocenters. The van der Waals surface area contributed by atoms with E-state index in [0.717, 1.165) is 19.4 Å². The van der Waals surface area contributed by atoms with Crippen molar-refractivity contribution in [3.05, 3.63) is 11.7 Å². The van der Waals surface area contributed by atoms with Crippen LogP contribution in [0.2, 0.25) is 0 Å². The molecule has 14 heavy (non-hydrogen) atoms. The Morgan fingerprint density at radius 1 is 1.64 bits per heavy atom. The molecule has 2 rings (SSSR count). The Labute approximate surface area is 82.7 Å². The summed E-state index contributed by atoms with van der Waals surface area (Å²) in [6, 6.07) is 0.266. The Hall–Kier alpha value is -0.940. The summed E-state index contributed by atoms with van der Waals surface area (Å²) in [6.07, 6.45) is 2.20. The smallest absolute Gasteiger partial charge is 0.240 e. The van der Waals surface area contributed by atoms with Crippen molar-refractivity contribution in [3.63, 3.8) is 0 Å². The summed E-state index contributed by atoms with van der Waals surface area (Å²) in [7, 11) is 0. The second kappa shape index (κ2) is 4.06. The van der Waals surface area contributed by atoms with Gasteiger partial charge in [-0.15, -0.1) is 0 Å². The number of hydrogen-bond donors (Lipinski definition) is 1.